The lowest BCUT2D eigenvalue weighted by atomic mass is 10.4. The van der Waals surface area contributed by atoms with Gasteiger partial charge in [0.05, 0.1) is 19.8 Å². The molecule has 0 spiro atoms. The Bertz CT molecular complexity index is 86.9. The Morgan fingerprint density at radius 1 is 0.692 bits per heavy atom. The van der Waals surface area contributed by atoms with Crippen molar-refractivity contribution < 1.29 is 14.5 Å². The van der Waals surface area contributed by atoms with Crippen LogP contribution in [0.15, 0.2) is 0 Å². The zero-order valence-electron chi connectivity index (χ0n) is 7.65. The molecule has 13 heavy (non-hydrogen) atoms. The summed E-state index contributed by atoms with van der Waals surface area (Å²) in [6.07, 6.45) is 0. The van der Waals surface area contributed by atoms with Crippen LogP contribution >= 0.6 is 0 Å². The van der Waals surface area contributed by atoms with Gasteiger partial charge in [0.1, 0.15) is 0 Å². The van der Waals surface area contributed by atoms with E-state index in [1.165, 1.54) is 0 Å². The third kappa shape index (κ3) is 8.06. The first-order valence-electron chi connectivity index (χ1n) is 4.02. The van der Waals surface area contributed by atoms with Gasteiger partial charge < -0.3 is 14.5 Å². The van der Waals surface area contributed by atoms with E-state index in [-0.39, 0.29) is 0 Å². The van der Waals surface area contributed by atoms with Gasteiger partial charge in [-0.2, -0.15) is 0 Å². The Balaban J connectivity index is 3.47. The molecule has 0 saturated carbocycles. The fourth-order valence-electron chi connectivity index (χ4n) is 0.881. The number of hydrogen-bond donors (Lipinski definition) is 3. The van der Waals surface area contributed by atoms with Crippen molar-refractivity contribution in [1.82, 2.24) is 4.90 Å². The minimum Gasteiger partial charge on any atom is -0.303 e. The summed E-state index contributed by atoms with van der Waals surface area (Å²) >= 11 is 0. The first-order chi connectivity index (χ1) is 6.35. The molecule has 0 aliphatic rings. The Morgan fingerprint density at radius 2 is 1.00 bits per heavy atom. The van der Waals surface area contributed by atoms with Crippen LogP contribution in [-0.4, -0.2) is 44.4 Å². The Labute approximate surface area is 77.5 Å². The van der Waals surface area contributed by atoms with Crippen molar-refractivity contribution in [2.24, 2.45) is 17.7 Å². The molecule has 0 amide bonds. The van der Waals surface area contributed by atoms with E-state index in [0.29, 0.717) is 39.5 Å². The minimum atomic E-state index is 0.454. The monoisotopic (exact) mass is 194 g/mol. The molecule has 0 unspecified atom stereocenters. The van der Waals surface area contributed by atoms with Crippen molar-refractivity contribution in [1.29, 1.82) is 0 Å². The maximum absolute atomic E-state index is 4.90. The van der Waals surface area contributed by atoms with Crippen molar-refractivity contribution in [3.05, 3.63) is 0 Å². The van der Waals surface area contributed by atoms with Crippen molar-refractivity contribution in [3.8, 4) is 0 Å². The van der Waals surface area contributed by atoms with Crippen molar-refractivity contribution in [2.75, 3.05) is 39.5 Å². The Hall–Kier alpha value is -0.280. The summed E-state index contributed by atoms with van der Waals surface area (Å²) in [7, 11) is 0. The molecule has 0 aromatic rings. The Morgan fingerprint density at radius 3 is 1.23 bits per heavy atom. The van der Waals surface area contributed by atoms with Gasteiger partial charge >= 0.3 is 0 Å². The van der Waals surface area contributed by atoms with Gasteiger partial charge in [0.25, 0.3) is 0 Å². The van der Waals surface area contributed by atoms with Crippen LogP contribution in [-0.2, 0) is 14.5 Å². The highest BCUT2D eigenvalue weighted by Crippen LogP contribution is 1.87. The SMILES string of the molecule is NOCCN(CCON)CCON. The maximum atomic E-state index is 4.90. The highest BCUT2D eigenvalue weighted by Gasteiger charge is 2.03. The first kappa shape index (κ1) is 12.7. The van der Waals surface area contributed by atoms with Gasteiger partial charge in [0.2, 0.25) is 0 Å². The van der Waals surface area contributed by atoms with E-state index >= 15 is 0 Å². The fraction of sp³-hybridized carbons (Fsp3) is 1.00. The molecule has 0 aliphatic heterocycles. The minimum absolute atomic E-state index is 0.454. The summed E-state index contributed by atoms with van der Waals surface area (Å²) in [5.74, 6) is 14.7. The van der Waals surface area contributed by atoms with Gasteiger partial charge in [-0.05, 0) is 0 Å². The molecule has 0 fully saturated rings. The molecular formula is C6H18N4O3. The van der Waals surface area contributed by atoms with Gasteiger partial charge in [-0.1, -0.05) is 0 Å². The van der Waals surface area contributed by atoms with E-state index < -0.39 is 0 Å². The molecule has 0 saturated heterocycles. The van der Waals surface area contributed by atoms with E-state index in [1.54, 1.807) is 0 Å². The summed E-state index contributed by atoms with van der Waals surface area (Å²) in [6, 6.07) is 0. The second-order valence-corrected chi connectivity index (χ2v) is 2.45. The van der Waals surface area contributed by atoms with Crippen molar-refractivity contribution >= 4 is 0 Å². The molecule has 0 aromatic heterocycles. The van der Waals surface area contributed by atoms with Gasteiger partial charge in [-0.25, -0.2) is 17.7 Å². The largest absolute Gasteiger partial charge is 0.303 e. The van der Waals surface area contributed by atoms with Crippen LogP contribution in [0.3, 0.4) is 0 Å². The molecule has 7 heteroatoms. The summed E-state index contributed by atoms with van der Waals surface area (Å²) in [5.41, 5.74) is 0. The average molecular weight is 194 g/mol. The van der Waals surface area contributed by atoms with Crippen molar-refractivity contribution in [2.45, 2.75) is 0 Å². The maximum Gasteiger partial charge on any atom is 0.0806 e. The third-order valence-electron chi connectivity index (χ3n) is 1.58. The first-order valence-corrected chi connectivity index (χ1v) is 4.02. The second-order valence-electron chi connectivity index (χ2n) is 2.45. The molecule has 0 aliphatic carbocycles. The van der Waals surface area contributed by atoms with Gasteiger partial charge in [-0.15, -0.1) is 0 Å². The summed E-state index contributed by atoms with van der Waals surface area (Å²) < 4.78 is 0. The molecule has 0 heterocycles. The molecule has 0 radical (unpaired) electrons. The zero-order chi connectivity index (χ0) is 9.94. The van der Waals surface area contributed by atoms with E-state index in [4.69, 9.17) is 17.7 Å². The van der Waals surface area contributed by atoms with Crippen LogP contribution in [0.2, 0.25) is 0 Å². The number of rotatable bonds is 9. The van der Waals surface area contributed by atoms with E-state index in [1.807, 2.05) is 4.90 Å². The van der Waals surface area contributed by atoms with Gasteiger partial charge in [0.15, 0.2) is 0 Å². The lowest BCUT2D eigenvalue weighted by Gasteiger charge is -2.20. The molecule has 0 atom stereocenters. The average Bonchev–Trinajstić information content (AvgIpc) is 2.17. The highest BCUT2D eigenvalue weighted by atomic mass is 16.6. The van der Waals surface area contributed by atoms with Crippen LogP contribution in [0.25, 0.3) is 0 Å². The normalized spacial score (nSPS) is 11.1. The predicted octanol–water partition coefficient (Wildman–Crippen LogP) is -2.04. The smallest absolute Gasteiger partial charge is 0.0806 e. The lowest BCUT2D eigenvalue weighted by Crippen LogP contribution is -2.35. The fourth-order valence-corrected chi connectivity index (χ4v) is 0.881. The van der Waals surface area contributed by atoms with Crippen molar-refractivity contribution in [3.63, 3.8) is 0 Å². The third-order valence-corrected chi connectivity index (χ3v) is 1.58. The van der Waals surface area contributed by atoms with Crippen LogP contribution in [0.5, 0.6) is 0 Å². The summed E-state index contributed by atoms with van der Waals surface area (Å²) in [4.78, 5) is 15.4. The standard InChI is InChI=1S/C6H18N4O3/c7-11-4-1-10(2-5-12-8)3-6-13-9/h1-9H2. The van der Waals surface area contributed by atoms with Gasteiger partial charge in [-0.3, -0.25) is 4.90 Å². The lowest BCUT2D eigenvalue weighted by molar-refractivity contribution is 0.0528. The van der Waals surface area contributed by atoms with E-state index in [0.717, 1.165) is 0 Å². The summed E-state index contributed by atoms with van der Waals surface area (Å²) in [5, 5.41) is 0. The van der Waals surface area contributed by atoms with E-state index in [2.05, 4.69) is 14.5 Å². The number of nitrogens with two attached hydrogens (primary N) is 3. The van der Waals surface area contributed by atoms with Gasteiger partial charge in [0, 0.05) is 19.6 Å². The molecule has 0 aromatic carbocycles. The molecule has 7 nitrogen and oxygen atoms in total. The number of hydrogen-bond acceptors (Lipinski definition) is 7. The van der Waals surface area contributed by atoms with Crippen LogP contribution in [0.1, 0.15) is 0 Å². The number of nitrogens with zero attached hydrogens (tertiary/aromatic N) is 1. The highest BCUT2D eigenvalue weighted by molar-refractivity contribution is 4.55. The van der Waals surface area contributed by atoms with E-state index in [9.17, 15) is 0 Å². The predicted molar refractivity (Wildman–Crippen MR) is 46.9 cm³/mol. The van der Waals surface area contributed by atoms with Crippen LogP contribution < -0.4 is 17.7 Å². The van der Waals surface area contributed by atoms with Crippen LogP contribution in [0, 0.1) is 0 Å². The molecule has 6 N–H and O–H groups in total. The van der Waals surface area contributed by atoms with Crippen LogP contribution in [0.4, 0.5) is 0 Å². The molecule has 0 bridgehead atoms. The molecule has 0 rings (SSSR count). The summed E-state index contributed by atoms with van der Waals surface area (Å²) in [6.45, 7) is 3.45. The zero-order valence-corrected chi connectivity index (χ0v) is 7.65. The Kier molecular flexibility index (Phi) is 9.59. The molecule has 80 valence electrons. The molecular weight excluding hydrogens is 176 g/mol. The second kappa shape index (κ2) is 9.81. The topological polar surface area (TPSA) is 109 Å². The quantitative estimate of drug-likeness (QED) is 0.363.